The van der Waals surface area contributed by atoms with Crippen LogP contribution in [-0.4, -0.2) is 40.7 Å². The van der Waals surface area contributed by atoms with Crippen molar-refractivity contribution >= 4 is 11.9 Å². The molecule has 2 N–H and O–H groups in total. The van der Waals surface area contributed by atoms with E-state index in [-0.39, 0.29) is 11.6 Å². The molecule has 104 valence electrons. The SMILES string of the molecule is Cc1c(C(N)=O)c(-c2ccccc2)nn1C(=O)N(C)C. The lowest BCUT2D eigenvalue weighted by molar-refractivity contribution is 0.100. The van der Waals surface area contributed by atoms with Gasteiger partial charge in [0, 0.05) is 19.7 Å². The Kier molecular flexibility index (Phi) is 3.56. The standard InChI is InChI=1S/C14H16N4O2/c1-9-11(13(15)19)12(10-7-5-4-6-8-10)16-18(9)14(20)17(2)3/h4-8H,1-3H3,(H2,15,19). The van der Waals surface area contributed by atoms with Gasteiger partial charge in [-0.25, -0.2) is 4.79 Å². The fourth-order valence-electron chi connectivity index (χ4n) is 1.97. The molecule has 0 atom stereocenters. The predicted octanol–water partition coefficient (Wildman–Crippen LogP) is 1.49. The van der Waals surface area contributed by atoms with Crippen LogP contribution < -0.4 is 5.73 Å². The zero-order valence-electron chi connectivity index (χ0n) is 11.6. The minimum atomic E-state index is -0.598. The van der Waals surface area contributed by atoms with Crippen molar-refractivity contribution in [2.45, 2.75) is 6.92 Å². The molecule has 0 spiro atoms. The topological polar surface area (TPSA) is 81.2 Å². The molecule has 0 saturated heterocycles. The number of hydrogen-bond acceptors (Lipinski definition) is 3. The smallest absolute Gasteiger partial charge is 0.344 e. The zero-order chi connectivity index (χ0) is 14.9. The van der Waals surface area contributed by atoms with Crippen molar-refractivity contribution in [2.75, 3.05) is 14.1 Å². The maximum Gasteiger partial charge on any atom is 0.344 e. The molecule has 0 aliphatic rings. The molecule has 1 heterocycles. The van der Waals surface area contributed by atoms with E-state index in [9.17, 15) is 9.59 Å². The second-order valence-electron chi connectivity index (χ2n) is 4.63. The van der Waals surface area contributed by atoms with Crippen molar-refractivity contribution in [3.63, 3.8) is 0 Å². The van der Waals surface area contributed by atoms with Gasteiger partial charge in [-0.2, -0.15) is 9.78 Å². The summed E-state index contributed by atoms with van der Waals surface area (Å²) in [7, 11) is 3.24. The van der Waals surface area contributed by atoms with Crippen LogP contribution in [0.1, 0.15) is 16.1 Å². The third-order valence-electron chi connectivity index (χ3n) is 2.97. The molecule has 2 rings (SSSR count). The van der Waals surface area contributed by atoms with Crippen LogP contribution in [0.25, 0.3) is 11.3 Å². The number of amides is 2. The first-order valence-electron chi connectivity index (χ1n) is 6.10. The molecule has 20 heavy (non-hydrogen) atoms. The molecule has 1 aromatic carbocycles. The molecule has 0 unspecified atom stereocenters. The summed E-state index contributed by atoms with van der Waals surface area (Å²) in [4.78, 5) is 25.1. The van der Waals surface area contributed by atoms with Crippen LogP contribution in [0.2, 0.25) is 0 Å². The fraction of sp³-hybridized carbons (Fsp3) is 0.214. The first kappa shape index (κ1) is 13.8. The minimum absolute atomic E-state index is 0.270. The summed E-state index contributed by atoms with van der Waals surface area (Å²) in [5.74, 6) is -0.598. The Morgan fingerprint density at radius 1 is 1.20 bits per heavy atom. The van der Waals surface area contributed by atoms with E-state index < -0.39 is 5.91 Å². The molecule has 0 saturated carbocycles. The van der Waals surface area contributed by atoms with Crippen molar-refractivity contribution in [3.8, 4) is 11.3 Å². The second kappa shape index (κ2) is 5.16. The van der Waals surface area contributed by atoms with Gasteiger partial charge in [0.1, 0.15) is 5.69 Å². The summed E-state index contributed by atoms with van der Waals surface area (Å²) < 4.78 is 1.20. The lowest BCUT2D eigenvalue weighted by Crippen LogP contribution is -2.29. The number of nitrogens with two attached hydrogens (primary N) is 1. The minimum Gasteiger partial charge on any atom is -0.365 e. The maximum atomic E-state index is 12.1. The van der Waals surface area contributed by atoms with Crippen molar-refractivity contribution in [2.24, 2.45) is 5.73 Å². The van der Waals surface area contributed by atoms with Gasteiger partial charge in [-0.1, -0.05) is 30.3 Å². The highest BCUT2D eigenvalue weighted by Gasteiger charge is 2.23. The highest BCUT2D eigenvalue weighted by atomic mass is 16.2. The van der Waals surface area contributed by atoms with Crippen LogP contribution in [0.15, 0.2) is 30.3 Å². The number of nitrogens with zero attached hydrogens (tertiary/aromatic N) is 3. The zero-order valence-corrected chi connectivity index (χ0v) is 11.6. The van der Waals surface area contributed by atoms with Crippen molar-refractivity contribution in [1.29, 1.82) is 0 Å². The molecule has 0 aliphatic carbocycles. The number of primary amides is 1. The van der Waals surface area contributed by atoms with Gasteiger partial charge in [0.15, 0.2) is 0 Å². The van der Waals surface area contributed by atoms with Gasteiger partial charge in [-0.3, -0.25) is 4.79 Å². The summed E-state index contributed by atoms with van der Waals surface area (Å²) in [6.45, 7) is 1.65. The van der Waals surface area contributed by atoms with Gasteiger partial charge in [0.2, 0.25) is 0 Å². The lowest BCUT2D eigenvalue weighted by Gasteiger charge is -2.10. The average Bonchev–Trinajstić information content (AvgIpc) is 2.76. The van der Waals surface area contributed by atoms with Gasteiger partial charge in [-0.15, -0.1) is 0 Å². The fourth-order valence-corrected chi connectivity index (χ4v) is 1.97. The number of carbonyl (C=O) groups excluding carboxylic acids is 2. The highest BCUT2D eigenvalue weighted by molar-refractivity contribution is 6.01. The quantitative estimate of drug-likeness (QED) is 0.899. The molecule has 1 aromatic heterocycles. The molecule has 2 amide bonds. The Morgan fingerprint density at radius 3 is 2.30 bits per heavy atom. The van der Waals surface area contributed by atoms with E-state index in [4.69, 9.17) is 5.73 Å². The predicted molar refractivity (Wildman–Crippen MR) is 75.4 cm³/mol. The van der Waals surface area contributed by atoms with E-state index in [2.05, 4.69) is 5.10 Å². The van der Waals surface area contributed by atoms with E-state index in [0.29, 0.717) is 11.4 Å². The molecular formula is C14H16N4O2. The summed E-state index contributed by atoms with van der Waals surface area (Å²) in [6, 6.07) is 8.84. The largest absolute Gasteiger partial charge is 0.365 e. The Balaban J connectivity index is 2.66. The lowest BCUT2D eigenvalue weighted by atomic mass is 10.1. The number of rotatable bonds is 2. The Morgan fingerprint density at radius 2 is 1.80 bits per heavy atom. The van der Waals surface area contributed by atoms with E-state index in [0.717, 1.165) is 5.56 Å². The third kappa shape index (κ3) is 2.27. The summed E-state index contributed by atoms with van der Waals surface area (Å²) in [6.07, 6.45) is 0. The number of benzene rings is 1. The Hall–Kier alpha value is -2.63. The van der Waals surface area contributed by atoms with Crippen LogP contribution in [0, 0.1) is 6.92 Å². The normalized spacial score (nSPS) is 10.3. The summed E-state index contributed by atoms with van der Waals surface area (Å²) >= 11 is 0. The summed E-state index contributed by atoms with van der Waals surface area (Å²) in [5.41, 5.74) is 7.30. The number of carbonyl (C=O) groups is 2. The van der Waals surface area contributed by atoms with Crippen molar-refractivity contribution in [1.82, 2.24) is 14.7 Å². The van der Waals surface area contributed by atoms with Crippen LogP contribution >= 0.6 is 0 Å². The highest BCUT2D eigenvalue weighted by Crippen LogP contribution is 2.24. The van der Waals surface area contributed by atoms with Gasteiger partial charge >= 0.3 is 6.03 Å². The Labute approximate surface area is 116 Å². The second-order valence-corrected chi connectivity index (χ2v) is 4.63. The Bertz CT molecular complexity index is 659. The van der Waals surface area contributed by atoms with Crippen LogP contribution in [-0.2, 0) is 0 Å². The van der Waals surface area contributed by atoms with Crippen LogP contribution in [0.3, 0.4) is 0 Å². The van der Waals surface area contributed by atoms with E-state index in [1.807, 2.05) is 30.3 Å². The molecule has 0 aliphatic heterocycles. The van der Waals surface area contributed by atoms with Crippen molar-refractivity contribution < 1.29 is 9.59 Å². The molecular weight excluding hydrogens is 256 g/mol. The van der Waals surface area contributed by atoms with Gasteiger partial charge in [-0.05, 0) is 6.92 Å². The summed E-state index contributed by atoms with van der Waals surface area (Å²) in [5, 5.41) is 4.25. The number of aromatic nitrogens is 2. The monoisotopic (exact) mass is 272 g/mol. The third-order valence-corrected chi connectivity index (χ3v) is 2.97. The van der Waals surface area contributed by atoms with Gasteiger partial charge in [0.25, 0.3) is 5.91 Å². The molecule has 0 radical (unpaired) electrons. The molecule has 2 aromatic rings. The first-order valence-corrected chi connectivity index (χ1v) is 6.10. The van der Waals surface area contributed by atoms with Crippen LogP contribution in [0.5, 0.6) is 0 Å². The van der Waals surface area contributed by atoms with Crippen LogP contribution in [0.4, 0.5) is 4.79 Å². The maximum absolute atomic E-state index is 12.1. The first-order chi connectivity index (χ1) is 9.43. The van der Waals surface area contributed by atoms with Gasteiger partial charge in [0.05, 0.1) is 11.3 Å². The molecule has 6 nitrogen and oxygen atoms in total. The van der Waals surface area contributed by atoms with E-state index >= 15 is 0 Å². The molecule has 0 fully saturated rings. The van der Waals surface area contributed by atoms with Gasteiger partial charge < -0.3 is 10.6 Å². The van der Waals surface area contributed by atoms with E-state index in [1.165, 1.54) is 9.58 Å². The molecule has 6 heteroatoms. The van der Waals surface area contributed by atoms with Crippen molar-refractivity contribution in [3.05, 3.63) is 41.6 Å². The van der Waals surface area contributed by atoms with E-state index in [1.54, 1.807) is 21.0 Å². The average molecular weight is 272 g/mol. The molecule has 0 bridgehead atoms. The number of hydrogen-bond donors (Lipinski definition) is 1.